The molecule has 17 heavy (non-hydrogen) atoms. The Balaban J connectivity index is 2.59. The number of nitrogens with zero attached hydrogens (tertiary/aromatic N) is 2. The van der Waals surface area contributed by atoms with Crippen molar-refractivity contribution in [2.24, 2.45) is 0 Å². The molecule has 2 rings (SSSR count). The maximum absolute atomic E-state index is 11.7. The van der Waals surface area contributed by atoms with Crippen LogP contribution in [0.3, 0.4) is 0 Å². The molecule has 0 radical (unpaired) electrons. The predicted molar refractivity (Wildman–Crippen MR) is 67.3 cm³/mol. The molecule has 0 aliphatic carbocycles. The fourth-order valence-electron chi connectivity index (χ4n) is 1.65. The molecular weight excluding hydrogens is 284 g/mol. The van der Waals surface area contributed by atoms with Gasteiger partial charge in [0.05, 0.1) is 18.4 Å². The van der Waals surface area contributed by atoms with Gasteiger partial charge in [-0.15, -0.1) is 0 Å². The first-order valence-corrected chi connectivity index (χ1v) is 5.82. The van der Waals surface area contributed by atoms with Crippen LogP contribution in [0.15, 0.2) is 35.1 Å². The first kappa shape index (κ1) is 11.9. The Hall–Kier alpha value is -1.62. The van der Waals surface area contributed by atoms with Crippen LogP contribution in [-0.4, -0.2) is 22.6 Å². The Morgan fingerprint density at radius 3 is 2.71 bits per heavy atom. The molecule has 0 N–H and O–H groups in total. The molecule has 0 bridgehead atoms. The number of carbonyl (C=O) groups excluding carboxylic acids is 1. The number of methoxy groups -OCH3 is 1. The van der Waals surface area contributed by atoms with Gasteiger partial charge in [0.2, 0.25) is 0 Å². The fourth-order valence-corrected chi connectivity index (χ4v) is 2.11. The zero-order valence-corrected chi connectivity index (χ0v) is 11.1. The van der Waals surface area contributed by atoms with E-state index in [1.165, 1.54) is 7.11 Å². The van der Waals surface area contributed by atoms with E-state index in [1.807, 2.05) is 29.8 Å². The standard InChI is InChI=1S/C12H11BrN2O2/c1-8-14-11(13)7-15(8)10-6-4-3-5-9(10)12(16)17-2/h3-7H,1-2H3. The van der Waals surface area contributed by atoms with Crippen molar-refractivity contribution in [1.82, 2.24) is 9.55 Å². The Kier molecular flexibility index (Phi) is 3.28. The molecule has 0 aliphatic heterocycles. The highest BCUT2D eigenvalue weighted by atomic mass is 79.9. The number of para-hydroxylation sites is 1. The molecule has 88 valence electrons. The van der Waals surface area contributed by atoms with E-state index >= 15 is 0 Å². The average Bonchev–Trinajstić information content (AvgIpc) is 2.67. The van der Waals surface area contributed by atoms with Gasteiger partial charge in [0.15, 0.2) is 0 Å². The highest BCUT2D eigenvalue weighted by Gasteiger charge is 2.14. The van der Waals surface area contributed by atoms with Crippen molar-refractivity contribution in [3.63, 3.8) is 0 Å². The number of halogens is 1. The highest BCUT2D eigenvalue weighted by Crippen LogP contribution is 2.20. The van der Waals surface area contributed by atoms with Gasteiger partial charge in [-0.2, -0.15) is 0 Å². The zero-order valence-electron chi connectivity index (χ0n) is 9.48. The summed E-state index contributed by atoms with van der Waals surface area (Å²) in [6.45, 7) is 1.87. The largest absolute Gasteiger partial charge is 0.465 e. The van der Waals surface area contributed by atoms with Gasteiger partial charge < -0.3 is 9.30 Å². The number of imidazole rings is 1. The summed E-state index contributed by atoms with van der Waals surface area (Å²) in [5.41, 5.74) is 1.28. The smallest absolute Gasteiger partial charge is 0.339 e. The fraction of sp³-hybridized carbons (Fsp3) is 0.167. The molecule has 0 saturated carbocycles. The Bertz CT molecular complexity index is 563. The summed E-state index contributed by atoms with van der Waals surface area (Å²) in [4.78, 5) is 15.9. The Labute approximate surface area is 107 Å². The highest BCUT2D eigenvalue weighted by molar-refractivity contribution is 9.10. The maximum atomic E-state index is 11.7. The number of hydrogen-bond acceptors (Lipinski definition) is 3. The number of aromatic nitrogens is 2. The van der Waals surface area contributed by atoms with Gasteiger partial charge in [-0.25, -0.2) is 9.78 Å². The van der Waals surface area contributed by atoms with Crippen molar-refractivity contribution in [2.75, 3.05) is 7.11 Å². The number of carbonyl (C=O) groups is 1. The van der Waals surface area contributed by atoms with Gasteiger partial charge in [0.25, 0.3) is 0 Å². The van der Waals surface area contributed by atoms with Gasteiger partial charge in [-0.3, -0.25) is 0 Å². The molecule has 4 nitrogen and oxygen atoms in total. The molecule has 1 heterocycles. The molecule has 0 atom stereocenters. The molecule has 0 aliphatic rings. The van der Waals surface area contributed by atoms with Crippen LogP contribution in [0.1, 0.15) is 16.2 Å². The number of rotatable bonds is 2. The summed E-state index contributed by atoms with van der Waals surface area (Å²) in [6, 6.07) is 7.26. The third-order valence-electron chi connectivity index (χ3n) is 2.42. The van der Waals surface area contributed by atoms with E-state index in [0.29, 0.717) is 5.56 Å². The van der Waals surface area contributed by atoms with Crippen LogP contribution in [-0.2, 0) is 4.74 Å². The van der Waals surface area contributed by atoms with Crippen LogP contribution < -0.4 is 0 Å². The van der Waals surface area contributed by atoms with E-state index in [0.717, 1.165) is 16.1 Å². The van der Waals surface area contributed by atoms with Gasteiger partial charge in [0, 0.05) is 6.20 Å². The number of hydrogen-bond donors (Lipinski definition) is 0. The van der Waals surface area contributed by atoms with Crippen LogP contribution in [0.2, 0.25) is 0 Å². The maximum Gasteiger partial charge on any atom is 0.339 e. The lowest BCUT2D eigenvalue weighted by Gasteiger charge is -2.09. The molecule has 0 fully saturated rings. The molecule has 0 unspecified atom stereocenters. The Morgan fingerprint density at radius 1 is 1.41 bits per heavy atom. The lowest BCUT2D eigenvalue weighted by Crippen LogP contribution is -2.08. The Morgan fingerprint density at radius 2 is 2.12 bits per heavy atom. The number of aryl methyl sites for hydroxylation is 1. The summed E-state index contributed by atoms with van der Waals surface area (Å²) in [5.74, 6) is 0.443. The minimum Gasteiger partial charge on any atom is -0.465 e. The van der Waals surface area contributed by atoms with E-state index in [2.05, 4.69) is 20.9 Å². The second kappa shape index (κ2) is 4.71. The summed E-state index contributed by atoms with van der Waals surface area (Å²) in [5, 5.41) is 0. The molecule has 1 aromatic carbocycles. The molecule has 1 aromatic heterocycles. The quantitative estimate of drug-likeness (QED) is 0.800. The van der Waals surface area contributed by atoms with Gasteiger partial charge >= 0.3 is 5.97 Å². The van der Waals surface area contributed by atoms with Crippen LogP contribution >= 0.6 is 15.9 Å². The third kappa shape index (κ3) is 2.24. The second-order valence-electron chi connectivity index (χ2n) is 3.49. The summed E-state index contributed by atoms with van der Waals surface area (Å²) in [7, 11) is 1.37. The van der Waals surface area contributed by atoms with Gasteiger partial charge in [-0.1, -0.05) is 12.1 Å². The normalized spacial score (nSPS) is 10.3. The van der Waals surface area contributed by atoms with Crippen LogP contribution in [0.4, 0.5) is 0 Å². The molecule has 0 saturated heterocycles. The molecule has 0 amide bonds. The van der Waals surface area contributed by atoms with Crippen molar-refractivity contribution in [3.05, 3.63) is 46.5 Å². The zero-order chi connectivity index (χ0) is 12.4. The number of benzene rings is 1. The number of ether oxygens (including phenoxy) is 1. The monoisotopic (exact) mass is 294 g/mol. The van der Waals surface area contributed by atoms with Crippen LogP contribution in [0.25, 0.3) is 5.69 Å². The van der Waals surface area contributed by atoms with E-state index in [9.17, 15) is 4.79 Å². The van der Waals surface area contributed by atoms with Gasteiger partial charge in [-0.05, 0) is 35.0 Å². The van der Waals surface area contributed by atoms with Gasteiger partial charge in [0.1, 0.15) is 10.4 Å². The van der Waals surface area contributed by atoms with Crippen LogP contribution in [0, 0.1) is 6.92 Å². The first-order valence-electron chi connectivity index (χ1n) is 5.02. The van der Waals surface area contributed by atoms with Crippen molar-refractivity contribution in [1.29, 1.82) is 0 Å². The minimum atomic E-state index is -0.357. The first-order chi connectivity index (χ1) is 8.13. The van der Waals surface area contributed by atoms with Crippen molar-refractivity contribution in [3.8, 4) is 5.69 Å². The second-order valence-corrected chi connectivity index (χ2v) is 4.30. The summed E-state index contributed by atoms with van der Waals surface area (Å²) in [6.07, 6.45) is 1.82. The van der Waals surface area contributed by atoms with Crippen LogP contribution in [0.5, 0.6) is 0 Å². The lowest BCUT2D eigenvalue weighted by atomic mass is 10.2. The summed E-state index contributed by atoms with van der Waals surface area (Å²) < 4.78 is 7.34. The number of esters is 1. The topological polar surface area (TPSA) is 44.1 Å². The lowest BCUT2D eigenvalue weighted by molar-refractivity contribution is 0.0601. The SMILES string of the molecule is COC(=O)c1ccccc1-n1cc(Br)nc1C. The third-order valence-corrected chi connectivity index (χ3v) is 2.80. The van der Waals surface area contributed by atoms with E-state index in [-0.39, 0.29) is 5.97 Å². The molecule has 2 aromatic rings. The van der Waals surface area contributed by atoms with Crippen molar-refractivity contribution >= 4 is 21.9 Å². The van der Waals surface area contributed by atoms with E-state index in [4.69, 9.17) is 4.74 Å². The molecule has 0 spiro atoms. The van der Waals surface area contributed by atoms with E-state index < -0.39 is 0 Å². The van der Waals surface area contributed by atoms with E-state index in [1.54, 1.807) is 12.1 Å². The van der Waals surface area contributed by atoms with Crippen molar-refractivity contribution < 1.29 is 9.53 Å². The summed E-state index contributed by atoms with van der Waals surface area (Å²) >= 11 is 3.31. The van der Waals surface area contributed by atoms with Crippen molar-refractivity contribution in [2.45, 2.75) is 6.92 Å². The molecule has 5 heteroatoms. The minimum absolute atomic E-state index is 0.357. The predicted octanol–water partition coefficient (Wildman–Crippen LogP) is 2.73. The average molecular weight is 295 g/mol. The molecular formula is C12H11BrN2O2.